The maximum absolute atomic E-state index is 11.5. The largest absolute Gasteiger partial charge is 0.309 e. The van der Waals surface area contributed by atoms with Gasteiger partial charge in [0.2, 0.25) is 0 Å². The summed E-state index contributed by atoms with van der Waals surface area (Å²) >= 11 is 7.14. The number of carbonyl (C=O) groups excluding carboxylic acids is 1. The van der Waals surface area contributed by atoms with Gasteiger partial charge in [-0.3, -0.25) is 4.79 Å². The smallest absolute Gasteiger partial charge is 0.159 e. The zero-order valence-corrected chi connectivity index (χ0v) is 16.1. The van der Waals surface area contributed by atoms with E-state index >= 15 is 0 Å². The number of nitrogens with zero attached hydrogens (tertiary/aromatic N) is 1. The van der Waals surface area contributed by atoms with Crippen LogP contribution in [0.1, 0.15) is 17.3 Å². The lowest BCUT2D eigenvalue weighted by atomic mass is 10.1. The topological polar surface area (TPSA) is 22.0 Å². The molecule has 4 rings (SSSR count). The fourth-order valence-corrected chi connectivity index (χ4v) is 3.81. The molecule has 24 heavy (non-hydrogen) atoms. The fraction of sp³-hybridized carbons (Fsp3) is 0.0500. The van der Waals surface area contributed by atoms with E-state index < -0.39 is 0 Å². The Hall–Kier alpha value is -1.91. The molecule has 0 bridgehead atoms. The van der Waals surface area contributed by atoms with Gasteiger partial charge in [0.15, 0.2) is 5.78 Å². The van der Waals surface area contributed by atoms with Crippen LogP contribution in [0.5, 0.6) is 0 Å². The van der Waals surface area contributed by atoms with Crippen LogP contribution < -0.4 is 0 Å². The summed E-state index contributed by atoms with van der Waals surface area (Å²) in [6.45, 7) is 1.59. The Morgan fingerprint density at radius 2 is 1.29 bits per heavy atom. The minimum atomic E-state index is 0.0802. The van der Waals surface area contributed by atoms with Crippen molar-refractivity contribution in [3.8, 4) is 5.69 Å². The van der Waals surface area contributed by atoms with E-state index in [-0.39, 0.29) is 5.78 Å². The summed E-state index contributed by atoms with van der Waals surface area (Å²) in [5.74, 6) is 0.0802. The summed E-state index contributed by atoms with van der Waals surface area (Å²) < 4.78 is 4.34. The molecule has 0 N–H and O–H groups in total. The Morgan fingerprint density at radius 1 is 0.792 bits per heavy atom. The van der Waals surface area contributed by atoms with Gasteiger partial charge >= 0.3 is 0 Å². The summed E-state index contributed by atoms with van der Waals surface area (Å²) in [6, 6.07) is 20.4. The van der Waals surface area contributed by atoms with E-state index in [9.17, 15) is 4.79 Å². The Kier molecular flexibility index (Phi) is 3.82. The SMILES string of the molecule is CC(=O)c1ccc(-n2c3ccc(Br)cc3c3cc(Br)ccc32)cc1. The minimum Gasteiger partial charge on any atom is -0.309 e. The minimum absolute atomic E-state index is 0.0802. The monoisotopic (exact) mass is 441 g/mol. The molecule has 0 atom stereocenters. The lowest BCUT2D eigenvalue weighted by Gasteiger charge is -2.08. The highest BCUT2D eigenvalue weighted by Gasteiger charge is 2.13. The van der Waals surface area contributed by atoms with Gasteiger partial charge in [-0.15, -0.1) is 0 Å². The lowest BCUT2D eigenvalue weighted by molar-refractivity contribution is 0.101. The molecule has 0 saturated carbocycles. The van der Waals surface area contributed by atoms with Gasteiger partial charge in [0.25, 0.3) is 0 Å². The number of benzene rings is 3. The highest BCUT2D eigenvalue weighted by atomic mass is 79.9. The van der Waals surface area contributed by atoms with E-state index in [1.54, 1.807) is 6.92 Å². The van der Waals surface area contributed by atoms with E-state index in [1.165, 1.54) is 10.8 Å². The predicted octanol–water partition coefficient (Wildman–Crippen LogP) is 6.51. The van der Waals surface area contributed by atoms with Crippen molar-refractivity contribution >= 4 is 59.4 Å². The second-order valence-electron chi connectivity index (χ2n) is 5.76. The third-order valence-electron chi connectivity index (χ3n) is 4.22. The van der Waals surface area contributed by atoms with Crippen molar-refractivity contribution in [1.82, 2.24) is 4.57 Å². The summed E-state index contributed by atoms with van der Waals surface area (Å²) in [7, 11) is 0. The number of aromatic nitrogens is 1. The number of fused-ring (bicyclic) bond motifs is 3. The van der Waals surface area contributed by atoms with Crippen LogP contribution in [-0.2, 0) is 0 Å². The van der Waals surface area contributed by atoms with Crippen LogP contribution in [0.2, 0.25) is 0 Å². The first-order chi connectivity index (χ1) is 11.5. The molecule has 1 heterocycles. The molecular formula is C20H13Br2NO. The fourth-order valence-electron chi connectivity index (χ4n) is 3.09. The molecule has 1 aromatic heterocycles. The average molecular weight is 443 g/mol. The molecule has 4 heteroatoms. The first-order valence-corrected chi connectivity index (χ1v) is 9.14. The summed E-state index contributed by atoms with van der Waals surface area (Å²) in [5, 5.41) is 2.38. The van der Waals surface area contributed by atoms with Crippen molar-refractivity contribution in [3.05, 3.63) is 75.2 Å². The number of rotatable bonds is 2. The van der Waals surface area contributed by atoms with Crippen molar-refractivity contribution in [3.63, 3.8) is 0 Å². The molecule has 4 aromatic rings. The van der Waals surface area contributed by atoms with Crippen molar-refractivity contribution in [2.75, 3.05) is 0 Å². The Bertz CT molecular complexity index is 1030. The molecule has 2 nitrogen and oxygen atoms in total. The predicted molar refractivity (Wildman–Crippen MR) is 106 cm³/mol. The maximum Gasteiger partial charge on any atom is 0.159 e. The molecular weight excluding hydrogens is 430 g/mol. The van der Waals surface area contributed by atoms with Gasteiger partial charge in [-0.1, -0.05) is 31.9 Å². The number of halogens is 2. The molecule has 118 valence electrons. The third kappa shape index (κ3) is 2.50. The maximum atomic E-state index is 11.5. The lowest BCUT2D eigenvalue weighted by Crippen LogP contribution is -1.96. The summed E-state index contributed by atoms with van der Waals surface area (Å²) in [6.07, 6.45) is 0. The zero-order valence-electron chi connectivity index (χ0n) is 12.9. The number of hydrogen-bond acceptors (Lipinski definition) is 1. The molecule has 0 spiro atoms. The third-order valence-corrected chi connectivity index (χ3v) is 5.21. The van der Waals surface area contributed by atoms with E-state index in [0.717, 1.165) is 31.2 Å². The van der Waals surface area contributed by atoms with Crippen molar-refractivity contribution in [1.29, 1.82) is 0 Å². The molecule has 0 aliphatic heterocycles. The van der Waals surface area contributed by atoms with E-state index in [1.807, 2.05) is 24.3 Å². The molecule has 0 aliphatic carbocycles. The Labute approximate surface area is 156 Å². The van der Waals surface area contributed by atoms with E-state index in [4.69, 9.17) is 0 Å². The van der Waals surface area contributed by atoms with Crippen LogP contribution in [0.25, 0.3) is 27.5 Å². The zero-order chi connectivity index (χ0) is 16.8. The standard InChI is InChI=1S/C20H13Br2NO/c1-12(24)13-2-6-16(7-3-13)23-19-8-4-14(21)10-17(19)18-11-15(22)5-9-20(18)23/h2-11H,1H3. The van der Waals surface area contributed by atoms with Crippen LogP contribution in [0.3, 0.4) is 0 Å². The van der Waals surface area contributed by atoms with Gasteiger partial charge in [-0.2, -0.15) is 0 Å². The Balaban J connectivity index is 2.07. The molecule has 0 unspecified atom stereocenters. The second-order valence-corrected chi connectivity index (χ2v) is 7.59. The normalized spacial score (nSPS) is 11.3. The first kappa shape index (κ1) is 15.6. The molecule has 3 aromatic carbocycles. The van der Waals surface area contributed by atoms with Crippen molar-refractivity contribution in [2.24, 2.45) is 0 Å². The van der Waals surface area contributed by atoms with Crippen molar-refractivity contribution in [2.45, 2.75) is 6.92 Å². The number of carbonyl (C=O) groups is 1. The molecule has 0 amide bonds. The van der Waals surface area contributed by atoms with Gasteiger partial charge < -0.3 is 4.57 Å². The van der Waals surface area contributed by atoms with Crippen LogP contribution >= 0.6 is 31.9 Å². The van der Waals surface area contributed by atoms with Crippen LogP contribution in [0.4, 0.5) is 0 Å². The highest BCUT2D eigenvalue weighted by molar-refractivity contribution is 9.10. The number of Topliss-reactive ketones (excluding diaryl/α,β-unsaturated/α-hetero) is 1. The van der Waals surface area contributed by atoms with Gasteiger partial charge in [0, 0.05) is 31.0 Å². The molecule has 0 radical (unpaired) electrons. The number of ketones is 1. The van der Waals surface area contributed by atoms with E-state index in [0.29, 0.717) is 0 Å². The van der Waals surface area contributed by atoms with Crippen molar-refractivity contribution < 1.29 is 4.79 Å². The van der Waals surface area contributed by atoms with Crippen LogP contribution in [0, 0.1) is 0 Å². The second kappa shape index (κ2) is 5.87. The first-order valence-electron chi connectivity index (χ1n) is 7.55. The number of hydrogen-bond donors (Lipinski definition) is 0. The molecule has 0 fully saturated rings. The summed E-state index contributed by atoms with van der Waals surface area (Å²) in [5.41, 5.74) is 4.05. The van der Waals surface area contributed by atoms with Crippen LogP contribution in [0.15, 0.2) is 69.6 Å². The molecule has 0 aliphatic rings. The van der Waals surface area contributed by atoms with Gasteiger partial charge in [0.05, 0.1) is 11.0 Å². The quantitative estimate of drug-likeness (QED) is 0.324. The summed E-state index contributed by atoms with van der Waals surface area (Å²) in [4.78, 5) is 11.5. The average Bonchev–Trinajstić information content (AvgIpc) is 2.88. The Morgan fingerprint density at radius 3 is 1.75 bits per heavy atom. The van der Waals surface area contributed by atoms with Gasteiger partial charge in [-0.25, -0.2) is 0 Å². The van der Waals surface area contributed by atoms with Gasteiger partial charge in [0.1, 0.15) is 0 Å². The van der Waals surface area contributed by atoms with Crippen LogP contribution in [-0.4, -0.2) is 10.4 Å². The van der Waals surface area contributed by atoms with Gasteiger partial charge in [-0.05, 0) is 67.6 Å². The highest BCUT2D eigenvalue weighted by Crippen LogP contribution is 2.35. The molecule has 0 saturated heterocycles. The van der Waals surface area contributed by atoms with E-state index in [2.05, 4.69) is 72.8 Å².